The van der Waals surface area contributed by atoms with Crippen LogP contribution in [-0.2, 0) is 4.79 Å². The lowest BCUT2D eigenvalue weighted by molar-refractivity contribution is -0.111. The second-order valence-corrected chi connectivity index (χ2v) is 3.19. The molecule has 0 aliphatic carbocycles. The number of carbonyl (C=O) groups is 1. The highest BCUT2D eigenvalue weighted by Gasteiger charge is 1.97. The minimum Gasteiger partial charge on any atom is -0.306 e. The first-order valence-corrected chi connectivity index (χ1v) is 5.02. The molecule has 0 saturated heterocycles. The van der Waals surface area contributed by atoms with Crippen LogP contribution in [0.5, 0.6) is 0 Å². The van der Waals surface area contributed by atoms with Crippen LogP contribution in [0.1, 0.15) is 5.69 Å². The van der Waals surface area contributed by atoms with Crippen LogP contribution in [0.25, 0.3) is 6.08 Å². The van der Waals surface area contributed by atoms with Gasteiger partial charge in [0.25, 0.3) is 0 Å². The molecule has 0 aromatic carbocycles. The molecular formula is C12H10N4O. The monoisotopic (exact) mass is 226 g/mol. The maximum absolute atomic E-state index is 11.5. The van der Waals surface area contributed by atoms with Crippen molar-refractivity contribution in [2.24, 2.45) is 0 Å². The zero-order chi connectivity index (χ0) is 11.9. The zero-order valence-corrected chi connectivity index (χ0v) is 8.95. The third-order valence-corrected chi connectivity index (χ3v) is 1.92. The first-order chi connectivity index (χ1) is 8.34. The van der Waals surface area contributed by atoms with E-state index in [1.165, 1.54) is 6.08 Å². The average molecular weight is 226 g/mol. The Labute approximate surface area is 98.2 Å². The predicted molar refractivity (Wildman–Crippen MR) is 63.9 cm³/mol. The lowest BCUT2D eigenvalue weighted by Gasteiger charge is -1.98. The summed E-state index contributed by atoms with van der Waals surface area (Å²) in [4.78, 5) is 15.6. The van der Waals surface area contributed by atoms with E-state index in [4.69, 9.17) is 0 Å². The highest BCUT2D eigenvalue weighted by molar-refractivity contribution is 6.01. The van der Waals surface area contributed by atoms with Crippen molar-refractivity contribution in [2.45, 2.75) is 0 Å². The van der Waals surface area contributed by atoms with Gasteiger partial charge < -0.3 is 5.32 Å². The van der Waals surface area contributed by atoms with E-state index in [9.17, 15) is 4.79 Å². The summed E-state index contributed by atoms with van der Waals surface area (Å²) >= 11 is 0. The van der Waals surface area contributed by atoms with Crippen molar-refractivity contribution in [2.75, 3.05) is 5.32 Å². The smallest absolute Gasteiger partial charge is 0.249 e. The van der Waals surface area contributed by atoms with E-state index in [0.29, 0.717) is 5.82 Å². The first kappa shape index (κ1) is 10.9. The number of aromatic nitrogens is 3. The van der Waals surface area contributed by atoms with Gasteiger partial charge in [0.15, 0.2) is 5.82 Å². The molecule has 2 aromatic heterocycles. The predicted octanol–water partition coefficient (Wildman–Crippen LogP) is 1.52. The number of pyridine rings is 1. The van der Waals surface area contributed by atoms with E-state index < -0.39 is 0 Å². The van der Waals surface area contributed by atoms with Crippen LogP contribution in [-0.4, -0.2) is 21.1 Å². The molecule has 5 nitrogen and oxygen atoms in total. The highest BCUT2D eigenvalue weighted by Crippen LogP contribution is 2.00. The number of amides is 1. The molecule has 0 radical (unpaired) electrons. The van der Waals surface area contributed by atoms with Crippen molar-refractivity contribution < 1.29 is 4.79 Å². The molecule has 0 unspecified atom stereocenters. The summed E-state index contributed by atoms with van der Waals surface area (Å²) in [7, 11) is 0. The Morgan fingerprint density at radius 2 is 2.12 bits per heavy atom. The van der Waals surface area contributed by atoms with Crippen molar-refractivity contribution in [1.29, 1.82) is 0 Å². The Morgan fingerprint density at radius 1 is 1.18 bits per heavy atom. The summed E-state index contributed by atoms with van der Waals surface area (Å²) in [6, 6.07) is 8.85. The zero-order valence-electron chi connectivity index (χ0n) is 8.95. The van der Waals surface area contributed by atoms with Gasteiger partial charge in [0, 0.05) is 18.5 Å². The molecule has 5 heteroatoms. The minimum atomic E-state index is -0.267. The van der Waals surface area contributed by atoms with Gasteiger partial charge in [-0.15, -0.1) is 5.10 Å². The lowest BCUT2D eigenvalue weighted by Crippen LogP contribution is -2.09. The van der Waals surface area contributed by atoms with Crippen LogP contribution < -0.4 is 5.32 Å². The van der Waals surface area contributed by atoms with Crippen LogP contribution >= 0.6 is 0 Å². The Bertz CT molecular complexity index is 511. The molecule has 84 valence electrons. The summed E-state index contributed by atoms with van der Waals surface area (Å²) in [6.45, 7) is 0. The Kier molecular flexibility index (Phi) is 3.54. The largest absolute Gasteiger partial charge is 0.306 e. The van der Waals surface area contributed by atoms with Crippen LogP contribution in [0.3, 0.4) is 0 Å². The average Bonchev–Trinajstić information content (AvgIpc) is 2.39. The number of nitrogens with one attached hydrogen (secondary N) is 1. The van der Waals surface area contributed by atoms with E-state index in [0.717, 1.165) is 5.69 Å². The van der Waals surface area contributed by atoms with E-state index in [1.54, 1.807) is 30.6 Å². The maximum atomic E-state index is 11.5. The van der Waals surface area contributed by atoms with Gasteiger partial charge in [-0.25, -0.2) is 0 Å². The summed E-state index contributed by atoms with van der Waals surface area (Å²) in [5.74, 6) is 0.152. The second-order valence-electron chi connectivity index (χ2n) is 3.19. The number of carbonyl (C=O) groups excluding carboxylic acids is 1. The SMILES string of the molecule is O=C(/C=C/c1ccccn1)Nc1cccnn1. The van der Waals surface area contributed by atoms with Crippen molar-refractivity contribution in [3.05, 3.63) is 54.5 Å². The number of hydrogen-bond donors (Lipinski definition) is 1. The summed E-state index contributed by atoms with van der Waals surface area (Å²) in [6.07, 6.45) is 6.24. The fourth-order valence-electron chi connectivity index (χ4n) is 1.17. The molecule has 0 saturated carbocycles. The van der Waals surface area contributed by atoms with Crippen molar-refractivity contribution >= 4 is 17.8 Å². The van der Waals surface area contributed by atoms with Crippen molar-refractivity contribution in [3.63, 3.8) is 0 Å². The molecule has 2 heterocycles. The van der Waals surface area contributed by atoms with E-state index in [2.05, 4.69) is 20.5 Å². The number of rotatable bonds is 3. The fourth-order valence-corrected chi connectivity index (χ4v) is 1.17. The quantitative estimate of drug-likeness (QED) is 0.806. The van der Waals surface area contributed by atoms with Crippen LogP contribution in [0.15, 0.2) is 48.8 Å². The molecule has 17 heavy (non-hydrogen) atoms. The lowest BCUT2D eigenvalue weighted by atomic mass is 10.3. The van der Waals surface area contributed by atoms with Crippen molar-refractivity contribution in [1.82, 2.24) is 15.2 Å². The molecule has 0 fully saturated rings. The Balaban J connectivity index is 1.96. The Hall–Kier alpha value is -2.56. The topological polar surface area (TPSA) is 67.8 Å². The van der Waals surface area contributed by atoms with E-state index in [-0.39, 0.29) is 5.91 Å². The van der Waals surface area contributed by atoms with Gasteiger partial charge in [-0.3, -0.25) is 9.78 Å². The first-order valence-electron chi connectivity index (χ1n) is 5.02. The van der Waals surface area contributed by atoms with E-state index >= 15 is 0 Å². The van der Waals surface area contributed by atoms with E-state index in [1.807, 2.05) is 18.2 Å². The minimum absolute atomic E-state index is 0.267. The number of anilines is 1. The molecule has 2 rings (SSSR count). The maximum Gasteiger partial charge on any atom is 0.249 e. The summed E-state index contributed by atoms with van der Waals surface area (Å²) in [5.41, 5.74) is 0.724. The molecule has 1 amide bonds. The third kappa shape index (κ3) is 3.49. The van der Waals surface area contributed by atoms with Crippen LogP contribution in [0.4, 0.5) is 5.82 Å². The standard InChI is InChI=1S/C12H10N4O/c17-12(15-11-5-3-9-14-16-11)7-6-10-4-1-2-8-13-10/h1-9H,(H,15,16,17)/b7-6+. The second kappa shape index (κ2) is 5.50. The highest BCUT2D eigenvalue weighted by atomic mass is 16.1. The summed E-state index contributed by atoms with van der Waals surface area (Å²) in [5, 5.41) is 9.98. The molecule has 0 bridgehead atoms. The normalized spacial score (nSPS) is 10.4. The van der Waals surface area contributed by atoms with Crippen LogP contribution in [0.2, 0.25) is 0 Å². The molecule has 0 aliphatic rings. The van der Waals surface area contributed by atoms with Crippen LogP contribution in [0, 0.1) is 0 Å². The van der Waals surface area contributed by atoms with Gasteiger partial charge >= 0.3 is 0 Å². The van der Waals surface area contributed by atoms with Gasteiger partial charge in [0.1, 0.15) is 0 Å². The van der Waals surface area contributed by atoms with Gasteiger partial charge in [-0.1, -0.05) is 6.07 Å². The van der Waals surface area contributed by atoms with Gasteiger partial charge in [0.2, 0.25) is 5.91 Å². The Morgan fingerprint density at radius 3 is 2.82 bits per heavy atom. The number of nitrogens with zero attached hydrogens (tertiary/aromatic N) is 3. The molecule has 0 spiro atoms. The van der Waals surface area contributed by atoms with Gasteiger partial charge in [-0.2, -0.15) is 5.10 Å². The molecule has 0 aliphatic heterocycles. The molecular weight excluding hydrogens is 216 g/mol. The molecule has 1 N–H and O–H groups in total. The molecule has 2 aromatic rings. The fraction of sp³-hybridized carbons (Fsp3) is 0. The third-order valence-electron chi connectivity index (χ3n) is 1.92. The van der Waals surface area contributed by atoms with Crippen molar-refractivity contribution in [3.8, 4) is 0 Å². The molecule has 0 atom stereocenters. The number of hydrogen-bond acceptors (Lipinski definition) is 4. The van der Waals surface area contributed by atoms with Gasteiger partial charge in [0.05, 0.1) is 5.69 Å². The van der Waals surface area contributed by atoms with Gasteiger partial charge in [-0.05, 0) is 30.3 Å². The summed E-state index contributed by atoms with van der Waals surface area (Å²) < 4.78 is 0.